The number of carboxylic acid groups (broad SMARTS) is 1. The third-order valence-electron chi connectivity index (χ3n) is 4.90. The molecule has 0 aliphatic heterocycles. The molecule has 9 nitrogen and oxygen atoms in total. The molecule has 11 heteroatoms. The number of hydrogen-bond donors (Lipinski definition) is 5. The zero-order valence-electron chi connectivity index (χ0n) is 19.1. The zero-order chi connectivity index (χ0) is 26.9. The highest BCUT2D eigenvalue weighted by Gasteiger charge is 2.48. The van der Waals surface area contributed by atoms with Gasteiger partial charge < -0.3 is 15.7 Å². The highest BCUT2D eigenvalue weighted by Crippen LogP contribution is 2.21. The summed E-state index contributed by atoms with van der Waals surface area (Å²) in [6.45, 7) is 1.83. The number of benzene rings is 2. The van der Waals surface area contributed by atoms with Gasteiger partial charge in [-0.1, -0.05) is 11.8 Å². The van der Waals surface area contributed by atoms with Crippen molar-refractivity contribution in [3.8, 4) is 23.7 Å². The Morgan fingerprint density at radius 3 is 1.75 bits per heavy atom. The Labute approximate surface area is 204 Å². The Kier molecular flexibility index (Phi) is 9.25. The maximum Gasteiger partial charge on any atom is 0.335 e. The van der Waals surface area contributed by atoms with Crippen LogP contribution in [0.2, 0.25) is 0 Å². The molecule has 0 spiro atoms. The van der Waals surface area contributed by atoms with Gasteiger partial charge in [-0.25, -0.2) is 19.1 Å². The number of alkyl halides is 2. The first kappa shape index (κ1) is 27.5. The van der Waals surface area contributed by atoms with E-state index in [4.69, 9.17) is 10.3 Å². The maximum atomic E-state index is 13.7. The Balaban J connectivity index is 2.15. The van der Waals surface area contributed by atoms with Crippen LogP contribution in [0.3, 0.4) is 0 Å². The minimum absolute atomic E-state index is 0.000311. The third kappa shape index (κ3) is 7.13. The van der Waals surface area contributed by atoms with Crippen molar-refractivity contribution in [1.82, 2.24) is 16.1 Å². The summed E-state index contributed by atoms with van der Waals surface area (Å²) in [5.41, 5.74) is -0.116. The quantitative estimate of drug-likeness (QED) is 0.223. The van der Waals surface area contributed by atoms with Gasteiger partial charge in [-0.15, -0.1) is 0 Å². The summed E-state index contributed by atoms with van der Waals surface area (Å²) in [5, 5.41) is 21.9. The van der Waals surface area contributed by atoms with E-state index in [0.29, 0.717) is 11.1 Å². The summed E-state index contributed by atoms with van der Waals surface area (Å²) in [7, 11) is 0. The summed E-state index contributed by atoms with van der Waals surface area (Å²) < 4.78 is 27.4. The lowest BCUT2D eigenvalue weighted by atomic mass is 9.91. The fourth-order valence-electron chi connectivity index (χ4n) is 3.01. The van der Waals surface area contributed by atoms with Gasteiger partial charge in [0.2, 0.25) is 5.91 Å². The average molecular weight is 497 g/mol. The van der Waals surface area contributed by atoms with Gasteiger partial charge in [-0.2, -0.15) is 0 Å². The number of rotatable bonds is 7. The molecule has 0 heterocycles. The molecule has 186 valence electrons. The van der Waals surface area contributed by atoms with Crippen molar-refractivity contribution in [3.05, 3.63) is 70.8 Å². The molecule has 0 saturated carbocycles. The number of carbonyl (C=O) groups excluding carboxylic acids is 3. The molecule has 3 amide bonds. The van der Waals surface area contributed by atoms with Crippen LogP contribution in [-0.4, -0.2) is 52.0 Å². The number of halogens is 2. The number of carboxylic acids is 1. The summed E-state index contributed by atoms with van der Waals surface area (Å²) >= 11 is 0. The van der Waals surface area contributed by atoms with Crippen LogP contribution in [0.1, 0.15) is 45.7 Å². The van der Waals surface area contributed by atoms with Gasteiger partial charge in [0.05, 0.1) is 5.56 Å². The summed E-state index contributed by atoms with van der Waals surface area (Å²) in [5.74, 6) is 6.55. The number of aromatic carboxylic acids is 1. The largest absolute Gasteiger partial charge is 0.478 e. The average Bonchev–Trinajstić information content (AvgIpc) is 2.84. The van der Waals surface area contributed by atoms with Gasteiger partial charge in [-0.3, -0.25) is 19.6 Å². The van der Waals surface area contributed by atoms with E-state index in [0.717, 1.165) is 13.8 Å². The summed E-state index contributed by atoms with van der Waals surface area (Å²) in [4.78, 5) is 46.9. The van der Waals surface area contributed by atoms with Gasteiger partial charge in [-0.05, 0) is 67.3 Å². The predicted molar refractivity (Wildman–Crippen MR) is 123 cm³/mol. The lowest BCUT2D eigenvalue weighted by molar-refractivity contribution is -0.137. The normalized spacial score (nSPS) is 12.5. The van der Waals surface area contributed by atoms with E-state index < -0.39 is 41.7 Å². The molecule has 2 rings (SSSR count). The molecular formula is C25H21F2N3O6. The lowest BCUT2D eigenvalue weighted by Crippen LogP contribution is -2.68. The Morgan fingerprint density at radius 2 is 1.36 bits per heavy atom. The van der Waals surface area contributed by atoms with Crippen molar-refractivity contribution in [3.63, 3.8) is 0 Å². The molecule has 0 aliphatic carbocycles. The Morgan fingerprint density at radius 1 is 0.889 bits per heavy atom. The number of nitrogens with one attached hydrogen (secondary N) is 3. The monoisotopic (exact) mass is 497 g/mol. The molecule has 36 heavy (non-hydrogen) atoms. The Bertz CT molecular complexity index is 1270. The standard InChI is InChI=1S/C25H21F2N3O6/c1-15(31)29-25(2,24(26)27)20(22(33)30-36)28-21(32)18-11-7-16(8-12-18)5-3-4-6-17-9-13-19(14-10-17)23(34)35/h7-14,20,24,36H,1-2H3,(H,28,32)(H,29,31)(H,30,33)(H,34,35)/t20-,25?/m1/s1. The number of hydroxylamine groups is 1. The minimum atomic E-state index is -3.27. The molecule has 0 aliphatic rings. The van der Waals surface area contributed by atoms with E-state index in [1.807, 2.05) is 5.32 Å². The lowest BCUT2D eigenvalue weighted by Gasteiger charge is -2.36. The molecule has 2 aromatic carbocycles. The first-order valence-corrected chi connectivity index (χ1v) is 10.2. The molecule has 2 atom stereocenters. The molecule has 0 fully saturated rings. The van der Waals surface area contributed by atoms with Crippen molar-refractivity contribution >= 4 is 23.7 Å². The second-order valence-corrected chi connectivity index (χ2v) is 7.61. The van der Waals surface area contributed by atoms with Crippen molar-refractivity contribution < 1.29 is 38.3 Å². The van der Waals surface area contributed by atoms with Gasteiger partial charge in [0.15, 0.2) is 0 Å². The van der Waals surface area contributed by atoms with E-state index in [1.54, 1.807) is 12.1 Å². The van der Waals surface area contributed by atoms with Crippen molar-refractivity contribution in [2.24, 2.45) is 0 Å². The fourth-order valence-corrected chi connectivity index (χ4v) is 3.01. The van der Waals surface area contributed by atoms with E-state index in [2.05, 4.69) is 29.0 Å². The van der Waals surface area contributed by atoms with Crippen molar-refractivity contribution in [1.29, 1.82) is 0 Å². The third-order valence-corrected chi connectivity index (χ3v) is 4.90. The van der Waals surface area contributed by atoms with Crippen LogP contribution < -0.4 is 16.1 Å². The van der Waals surface area contributed by atoms with Crippen LogP contribution in [0, 0.1) is 23.7 Å². The highest BCUT2D eigenvalue weighted by molar-refractivity contribution is 5.98. The molecule has 5 N–H and O–H groups in total. The number of amides is 3. The van der Waals surface area contributed by atoms with Gasteiger partial charge in [0.1, 0.15) is 11.6 Å². The smallest absolute Gasteiger partial charge is 0.335 e. The second-order valence-electron chi connectivity index (χ2n) is 7.61. The first-order chi connectivity index (χ1) is 17.0. The predicted octanol–water partition coefficient (Wildman–Crippen LogP) is 1.55. The molecule has 0 aromatic heterocycles. The Hall–Kier alpha value is -4.74. The molecule has 0 radical (unpaired) electrons. The van der Waals surface area contributed by atoms with Gasteiger partial charge in [0, 0.05) is 23.6 Å². The summed E-state index contributed by atoms with van der Waals surface area (Å²) in [6.07, 6.45) is -3.27. The topological polar surface area (TPSA) is 145 Å². The number of carbonyl (C=O) groups is 4. The fraction of sp³-hybridized carbons (Fsp3) is 0.200. The molecule has 1 unspecified atom stereocenters. The second kappa shape index (κ2) is 12.1. The van der Waals surface area contributed by atoms with Gasteiger partial charge >= 0.3 is 5.97 Å². The van der Waals surface area contributed by atoms with E-state index >= 15 is 0 Å². The van der Waals surface area contributed by atoms with Crippen molar-refractivity contribution in [2.75, 3.05) is 0 Å². The van der Waals surface area contributed by atoms with Crippen LogP contribution in [0.15, 0.2) is 48.5 Å². The molecule has 0 bridgehead atoms. The van der Waals surface area contributed by atoms with E-state index in [1.165, 1.54) is 41.9 Å². The maximum absolute atomic E-state index is 13.7. The number of hydrogen-bond acceptors (Lipinski definition) is 5. The first-order valence-electron chi connectivity index (χ1n) is 10.2. The van der Waals surface area contributed by atoms with Gasteiger partial charge in [0.25, 0.3) is 18.2 Å². The minimum Gasteiger partial charge on any atom is -0.478 e. The molecule has 0 saturated heterocycles. The van der Waals surface area contributed by atoms with Crippen LogP contribution in [-0.2, 0) is 9.59 Å². The van der Waals surface area contributed by atoms with Crippen LogP contribution in [0.25, 0.3) is 0 Å². The molecule has 2 aromatic rings. The van der Waals surface area contributed by atoms with Crippen LogP contribution >= 0.6 is 0 Å². The van der Waals surface area contributed by atoms with Crippen LogP contribution in [0.4, 0.5) is 8.78 Å². The van der Waals surface area contributed by atoms with E-state index in [9.17, 15) is 28.0 Å². The molecular weight excluding hydrogens is 476 g/mol. The van der Waals surface area contributed by atoms with E-state index in [-0.39, 0.29) is 11.1 Å². The van der Waals surface area contributed by atoms with Crippen molar-refractivity contribution in [2.45, 2.75) is 31.9 Å². The highest BCUT2D eigenvalue weighted by atomic mass is 19.3. The van der Waals surface area contributed by atoms with Crippen LogP contribution in [0.5, 0.6) is 0 Å². The SMILES string of the molecule is CC(=O)NC(C)(C(F)F)[C@H](NC(=O)c1ccc(C#CC#Cc2ccc(C(=O)O)cc2)cc1)C(=O)NO. The zero-order valence-corrected chi connectivity index (χ0v) is 19.1. The summed E-state index contributed by atoms with van der Waals surface area (Å²) in [6, 6.07) is 9.52.